The quantitative estimate of drug-likeness (QED) is 0.720. The minimum Gasteiger partial charge on any atom is -0.301 e. The standard InChI is InChI=1S/C19H25N3O3S2/c1-3-13(4-2)18-21-22-19(26-18)20-17(23)10-11-27(24,25)16-9-8-14-6-5-7-15(14)12-16/h8-9,12-13H,3-7,10-11H2,1-2H3,(H,20,22,23). The summed E-state index contributed by atoms with van der Waals surface area (Å²) >= 11 is 1.36. The van der Waals surface area contributed by atoms with Crippen molar-refractivity contribution < 1.29 is 13.2 Å². The summed E-state index contributed by atoms with van der Waals surface area (Å²) in [5, 5.41) is 12.1. The van der Waals surface area contributed by atoms with Crippen LogP contribution in [0.5, 0.6) is 0 Å². The molecular formula is C19H25N3O3S2. The Bertz CT molecular complexity index is 918. The van der Waals surface area contributed by atoms with Crippen LogP contribution >= 0.6 is 11.3 Å². The molecule has 0 atom stereocenters. The third-order valence-electron chi connectivity index (χ3n) is 5.05. The van der Waals surface area contributed by atoms with Gasteiger partial charge < -0.3 is 5.32 Å². The topological polar surface area (TPSA) is 89.0 Å². The molecule has 1 aromatic heterocycles. The molecular weight excluding hydrogens is 382 g/mol. The van der Waals surface area contributed by atoms with E-state index in [1.165, 1.54) is 16.9 Å². The molecule has 1 aromatic carbocycles. The predicted octanol–water partition coefficient (Wildman–Crippen LogP) is 3.73. The molecule has 0 spiro atoms. The van der Waals surface area contributed by atoms with Crippen LogP contribution in [0.2, 0.25) is 0 Å². The molecule has 0 aliphatic heterocycles. The molecule has 0 fully saturated rings. The van der Waals surface area contributed by atoms with Crippen molar-refractivity contribution >= 4 is 32.2 Å². The monoisotopic (exact) mass is 407 g/mol. The van der Waals surface area contributed by atoms with Crippen molar-refractivity contribution in [2.75, 3.05) is 11.1 Å². The first-order chi connectivity index (χ1) is 12.9. The lowest BCUT2D eigenvalue weighted by Gasteiger charge is -2.07. The van der Waals surface area contributed by atoms with Crippen LogP contribution in [-0.2, 0) is 27.5 Å². The number of nitrogens with one attached hydrogen (secondary N) is 1. The first-order valence-electron chi connectivity index (χ1n) is 9.40. The van der Waals surface area contributed by atoms with Gasteiger partial charge in [0.15, 0.2) is 9.84 Å². The molecule has 1 aliphatic rings. The molecule has 1 heterocycles. The lowest BCUT2D eigenvalue weighted by molar-refractivity contribution is -0.115. The normalized spacial score (nSPS) is 13.7. The summed E-state index contributed by atoms with van der Waals surface area (Å²) < 4.78 is 25.1. The molecule has 0 saturated heterocycles. The van der Waals surface area contributed by atoms with Crippen LogP contribution < -0.4 is 5.32 Å². The molecule has 146 valence electrons. The van der Waals surface area contributed by atoms with Crippen molar-refractivity contribution in [2.45, 2.75) is 63.2 Å². The van der Waals surface area contributed by atoms with E-state index in [1.54, 1.807) is 12.1 Å². The average Bonchev–Trinajstić information content (AvgIpc) is 3.30. The van der Waals surface area contributed by atoms with Crippen molar-refractivity contribution in [2.24, 2.45) is 0 Å². The summed E-state index contributed by atoms with van der Waals surface area (Å²) in [4.78, 5) is 12.5. The lowest BCUT2D eigenvalue weighted by Crippen LogP contribution is -2.17. The second-order valence-electron chi connectivity index (χ2n) is 6.86. The number of aryl methyl sites for hydroxylation is 2. The summed E-state index contributed by atoms with van der Waals surface area (Å²) in [6.45, 7) is 4.19. The van der Waals surface area contributed by atoms with Gasteiger partial charge in [-0.2, -0.15) is 0 Å². The Morgan fingerprint density at radius 3 is 2.67 bits per heavy atom. The van der Waals surface area contributed by atoms with Gasteiger partial charge in [-0.15, -0.1) is 10.2 Å². The summed E-state index contributed by atoms with van der Waals surface area (Å²) in [6.07, 6.45) is 4.85. The summed E-state index contributed by atoms with van der Waals surface area (Å²) in [6, 6.07) is 5.32. The van der Waals surface area contributed by atoms with E-state index in [1.807, 2.05) is 6.07 Å². The highest BCUT2D eigenvalue weighted by Gasteiger charge is 2.20. The highest BCUT2D eigenvalue weighted by molar-refractivity contribution is 7.91. The fourth-order valence-corrected chi connectivity index (χ4v) is 5.67. The zero-order valence-electron chi connectivity index (χ0n) is 15.7. The smallest absolute Gasteiger partial charge is 0.227 e. The number of carbonyl (C=O) groups is 1. The Balaban J connectivity index is 1.58. The van der Waals surface area contributed by atoms with Gasteiger partial charge in [-0.05, 0) is 55.4 Å². The Morgan fingerprint density at radius 1 is 1.19 bits per heavy atom. The van der Waals surface area contributed by atoms with E-state index in [2.05, 4.69) is 29.4 Å². The van der Waals surface area contributed by atoms with Crippen LogP contribution in [0.25, 0.3) is 0 Å². The van der Waals surface area contributed by atoms with Crippen LogP contribution in [0.15, 0.2) is 23.1 Å². The van der Waals surface area contributed by atoms with Gasteiger partial charge in [0.25, 0.3) is 0 Å². The van der Waals surface area contributed by atoms with Crippen molar-refractivity contribution in [3.05, 3.63) is 34.3 Å². The molecule has 1 amide bonds. The van der Waals surface area contributed by atoms with E-state index in [0.29, 0.717) is 15.9 Å². The van der Waals surface area contributed by atoms with Gasteiger partial charge in [0.2, 0.25) is 11.0 Å². The van der Waals surface area contributed by atoms with Gasteiger partial charge in [-0.25, -0.2) is 8.42 Å². The number of hydrogen-bond acceptors (Lipinski definition) is 6. The zero-order chi connectivity index (χ0) is 19.4. The highest BCUT2D eigenvalue weighted by atomic mass is 32.2. The van der Waals surface area contributed by atoms with E-state index < -0.39 is 9.84 Å². The number of amides is 1. The number of aromatic nitrogens is 2. The molecule has 6 nitrogen and oxygen atoms in total. The molecule has 2 aromatic rings. The number of sulfone groups is 1. The molecule has 27 heavy (non-hydrogen) atoms. The SMILES string of the molecule is CCC(CC)c1nnc(NC(=O)CCS(=O)(=O)c2ccc3c(c2)CCC3)s1. The fraction of sp³-hybridized carbons (Fsp3) is 0.526. The first-order valence-corrected chi connectivity index (χ1v) is 11.9. The highest BCUT2D eigenvalue weighted by Crippen LogP contribution is 2.28. The van der Waals surface area contributed by atoms with Gasteiger partial charge in [0.05, 0.1) is 10.6 Å². The van der Waals surface area contributed by atoms with E-state index in [4.69, 9.17) is 0 Å². The zero-order valence-corrected chi connectivity index (χ0v) is 17.3. The summed E-state index contributed by atoms with van der Waals surface area (Å²) in [5.74, 6) is -0.226. The molecule has 0 unspecified atom stereocenters. The Kier molecular flexibility index (Phi) is 6.26. The van der Waals surface area contributed by atoms with Crippen molar-refractivity contribution in [1.29, 1.82) is 0 Å². The van der Waals surface area contributed by atoms with Gasteiger partial charge in [0, 0.05) is 12.3 Å². The van der Waals surface area contributed by atoms with Crippen LogP contribution in [0, 0.1) is 0 Å². The second kappa shape index (κ2) is 8.48. The molecule has 0 radical (unpaired) electrons. The molecule has 0 saturated carbocycles. The van der Waals surface area contributed by atoms with E-state index in [0.717, 1.165) is 42.7 Å². The van der Waals surface area contributed by atoms with Crippen LogP contribution in [0.1, 0.15) is 61.6 Å². The van der Waals surface area contributed by atoms with Crippen LogP contribution in [-0.4, -0.2) is 30.3 Å². The first kappa shape index (κ1) is 19.9. The number of fused-ring (bicyclic) bond motifs is 1. The van der Waals surface area contributed by atoms with Crippen molar-refractivity contribution in [1.82, 2.24) is 10.2 Å². The maximum atomic E-state index is 12.6. The van der Waals surface area contributed by atoms with Crippen LogP contribution in [0.3, 0.4) is 0 Å². The predicted molar refractivity (Wildman–Crippen MR) is 107 cm³/mol. The van der Waals surface area contributed by atoms with Gasteiger partial charge in [-0.3, -0.25) is 4.79 Å². The minimum atomic E-state index is -3.48. The molecule has 8 heteroatoms. The Hall–Kier alpha value is -1.80. The van der Waals surface area contributed by atoms with E-state index in [-0.39, 0.29) is 18.1 Å². The van der Waals surface area contributed by atoms with Crippen molar-refractivity contribution in [3.63, 3.8) is 0 Å². The number of nitrogens with zero attached hydrogens (tertiary/aromatic N) is 2. The fourth-order valence-electron chi connectivity index (χ4n) is 3.36. The van der Waals surface area contributed by atoms with E-state index in [9.17, 15) is 13.2 Å². The minimum absolute atomic E-state index is 0.0979. The third kappa shape index (κ3) is 4.73. The third-order valence-corrected chi connectivity index (χ3v) is 7.76. The van der Waals surface area contributed by atoms with Crippen LogP contribution in [0.4, 0.5) is 5.13 Å². The Labute approximate surface area is 164 Å². The number of anilines is 1. The largest absolute Gasteiger partial charge is 0.301 e. The lowest BCUT2D eigenvalue weighted by atomic mass is 10.1. The summed E-state index contributed by atoms with van der Waals surface area (Å²) in [7, 11) is -3.48. The van der Waals surface area contributed by atoms with Crippen molar-refractivity contribution in [3.8, 4) is 0 Å². The average molecular weight is 408 g/mol. The second-order valence-corrected chi connectivity index (χ2v) is 9.98. The molecule has 1 N–H and O–H groups in total. The molecule has 0 bridgehead atoms. The number of benzene rings is 1. The molecule has 3 rings (SSSR count). The summed E-state index contributed by atoms with van der Waals surface area (Å²) in [5.41, 5.74) is 2.35. The maximum Gasteiger partial charge on any atom is 0.227 e. The Morgan fingerprint density at radius 2 is 1.93 bits per heavy atom. The molecule has 1 aliphatic carbocycles. The number of hydrogen-bond donors (Lipinski definition) is 1. The van der Waals surface area contributed by atoms with Gasteiger partial charge >= 0.3 is 0 Å². The maximum absolute atomic E-state index is 12.6. The number of carbonyl (C=O) groups excluding carboxylic acids is 1. The van der Waals surface area contributed by atoms with Gasteiger partial charge in [0.1, 0.15) is 5.01 Å². The van der Waals surface area contributed by atoms with Gasteiger partial charge in [-0.1, -0.05) is 31.3 Å². The van der Waals surface area contributed by atoms with E-state index >= 15 is 0 Å². The number of rotatable bonds is 8.